The Labute approximate surface area is 135 Å². The molecular formula is C16H9Cl2N3O. The topological polar surface area (TPSA) is 43.9 Å². The van der Waals surface area contributed by atoms with Crippen molar-refractivity contribution >= 4 is 34.3 Å². The number of benzene rings is 2. The molecule has 22 heavy (non-hydrogen) atoms. The first-order valence-electron chi connectivity index (χ1n) is 6.57. The van der Waals surface area contributed by atoms with Crippen LogP contribution in [0.4, 0.5) is 0 Å². The highest BCUT2D eigenvalue weighted by Crippen LogP contribution is 2.27. The largest absolute Gasteiger partial charge is 0.436 e. The van der Waals surface area contributed by atoms with Gasteiger partial charge in [-0.2, -0.15) is 5.10 Å². The van der Waals surface area contributed by atoms with E-state index in [1.165, 1.54) is 0 Å². The van der Waals surface area contributed by atoms with Gasteiger partial charge in [0, 0.05) is 11.2 Å². The fraction of sp³-hybridized carbons (Fsp3) is 0. The van der Waals surface area contributed by atoms with E-state index < -0.39 is 0 Å². The van der Waals surface area contributed by atoms with Crippen molar-refractivity contribution in [2.45, 2.75) is 0 Å². The third-order valence-corrected chi connectivity index (χ3v) is 3.82. The van der Waals surface area contributed by atoms with E-state index >= 15 is 0 Å². The van der Waals surface area contributed by atoms with E-state index in [9.17, 15) is 0 Å². The van der Waals surface area contributed by atoms with Gasteiger partial charge >= 0.3 is 0 Å². The van der Waals surface area contributed by atoms with Crippen LogP contribution in [0, 0.1) is 0 Å². The smallest absolute Gasteiger partial charge is 0.230 e. The summed E-state index contributed by atoms with van der Waals surface area (Å²) >= 11 is 12.1. The predicted octanol–water partition coefficient (Wildman–Crippen LogP) is 4.99. The predicted molar refractivity (Wildman–Crippen MR) is 86.6 cm³/mol. The van der Waals surface area contributed by atoms with Crippen LogP contribution in [0.2, 0.25) is 10.0 Å². The Bertz CT molecular complexity index is 941. The molecule has 0 unspecified atom stereocenters. The maximum atomic E-state index is 6.20. The maximum absolute atomic E-state index is 6.20. The number of fused-ring (bicyclic) bond motifs is 1. The number of nitrogens with zero attached hydrogens (tertiary/aromatic N) is 3. The molecule has 2 aromatic carbocycles. The van der Waals surface area contributed by atoms with Crippen LogP contribution in [-0.4, -0.2) is 14.8 Å². The van der Waals surface area contributed by atoms with Gasteiger partial charge < -0.3 is 4.42 Å². The summed E-state index contributed by atoms with van der Waals surface area (Å²) in [6.07, 6.45) is 3.51. The van der Waals surface area contributed by atoms with Crippen molar-refractivity contribution in [3.8, 4) is 17.1 Å². The highest BCUT2D eigenvalue weighted by Gasteiger charge is 2.12. The average molecular weight is 330 g/mol. The van der Waals surface area contributed by atoms with E-state index in [1.54, 1.807) is 23.0 Å². The van der Waals surface area contributed by atoms with Crippen LogP contribution in [-0.2, 0) is 0 Å². The van der Waals surface area contributed by atoms with Crippen molar-refractivity contribution in [2.24, 2.45) is 0 Å². The molecule has 0 saturated carbocycles. The van der Waals surface area contributed by atoms with Crippen LogP contribution in [0.15, 0.2) is 59.3 Å². The SMILES string of the molecule is Clc1ccc(-n2cc(-c3nc4ccccc4o3)cn2)c(Cl)c1. The highest BCUT2D eigenvalue weighted by molar-refractivity contribution is 6.35. The molecule has 6 heteroatoms. The number of hydrogen-bond donors (Lipinski definition) is 0. The molecule has 0 atom stereocenters. The Morgan fingerprint density at radius 1 is 1.05 bits per heavy atom. The van der Waals surface area contributed by atoms with Gasteiger partial charge in [-0.3, -0.25) is 0 Å². The lowest BCUT2D eigenvalue weighted by Crippen LogP contribution is -1.94. The van der Waals surface area contributed by atoms with Gasteiger partial charge in [0.15, 0.2) is 5.58 Å². The zero-order valence-electron chi connectivity index (χ0n) is 11.2. The molecule has 0 bridgehead atoms. The lowest BCUT2D eigenvalue weighted by atomic mass is 10.3. The number of para-hydroxylation sites is 2. The number of hydrogen-bond acceptors (Lipinski definition) is 3. The van der Waals surface area contributed by atoms with Gasteiger partial charge in [-0.15, -0.1) is 0 Å². The van der Waals surface area contributed by atoms with Crippen LogP contribution in [0.1, 0.15) is 0 Å². The van der Waals surface area contributed by atoms with Gasteiger partial charge in [0.05, 0.1) is 22.5 Å². The van der Waals surface area contributed by atoms with Crippen LogP contribution in [0.5, 0.6) is 0 Å². The summed E-state index contributed by atoms with van der Waals surface area (Å²) < 4.78 is 7.40. The number of halogens is 2. The van der Waals surface area contributed by atoms with Crippen molar-refractivity contribution < 1.29 is 4.42 Å². The van der Waals surface area contributed by atoms with Crippen LogP contribution in [0.25, 0.3) is 28.2 Å². The molecule has 0 aliphatic heterocycles. The fourth-order valence-corrected chi connectivity index (χ4v) is 2.72. The summed E-state index contributed by atoms with van der Waals surface area (Å²) in [4.78, 5) is 4.45. The Morgan fingerprint density at radius 3 is 2.73 bits per heavy atom. The van der Waals surface area contributed by atoms with Gasteiger partial charge in [-0.05, 0) is 30.3 Å². The second-order valence-corrected chi connectivity index (χ2v) is 5.60. The summed E-state index contributed by atoms with van der Waals surface area (Å²) in [5.74, 6) is 0.525. The minimum atomic E-state index is 0.525. The first-order chi connectivity index (χ1) is 10.7. The summed E-state index contributed by atoms with van der Waals surface area (Å²) in [6.45, 7) is 0. The molecule has 108 valence electrons. The monoisotopic (exact) mass is 329 g/mol. The van der Waals surface area contributed by atoms with Gasteiger partial charge in [0.25, 0.3) is 0 Å². The van der Waals surface area contributed by atoms with Crippen molar-refractivity contribution in [3.63, 3.8) is 0 Å². The summed E-state index contributed by atoms with van der Waals surface area (Å²) in [6, 6.07) is 12.9. The van der Waals surface area contributed by atoms with Crippen molar-refractivity contribution in [1.29, 1.82) is 0 Å². The van der Waals surface area contributed by atoms with Gasteiger partial charge in [-0.25, -0.2) is 9.67 Å². The van der Waals surface area contributed by atoms with E-state index in [1.807, 2.05) is 36.5 Å². The van der Waals surface area contributed by atoms with Crippen LogP contribution < -0.4 is 0 Å². The van der Waals surface area contributed by atoms with Crippen LogP contribution in [0.3, 0.4) is 0 Å². The van der Waals surface area contributed by atoms with E-state index in [-0.39, 0.29) is 0 Å². The molecule has 0 N–H and O–H groups in total. The second-order valence-electron chi connectivity index (χ2n) is 4.76. The first-order valence-corrected chi connectivity index (χ1v) is 7.32. The zero-order valence-corrected chi connectivity index (χ0v) is 12.7. The van der Waals surface area contributed by atoms with Crippen molar-refractivity contribution in [2.75, 3.05) is 0 Å². The maximum Gasteiger partial charge on any atom is 0.230 e. The molecule has 0 spiro atoms. The Balaban J connectivity index is 1.77. The van der Waals surface area contributed by atoms with Gasteiger partial charge in [0.2, 0.25) is 5.89 Å². The zero-order chi connectivity index (χ0) is 15.1. The number of oxazole rings is 1. The molecule has 0 aliphatic rings. The van der Waals surface area contributed by atoms with E-state index in [4.69, 9.17) is 27.6 Å². The molecule has 0 amide bonds. The number of aromatic nitrogens is 3. The standard InChI is InChI=1S/C16H9Cl2N3O/c17-11-5-6-14(12(18)7-11)21-9-10(8-19-21)16-20-13-3-1-2-4-15(13)22-16/h1-9H. The lowest BCUT2D eigenvalue weighted by molar-refractivity contribution is 0.620. The third-order valence-electron chi connectivity index (χ3n) is 3.28. The van der Waals surface area contributed by atoms with E-state index in [0.29, 0.717) is 15.9 Å². The third kappa shape index (κ3) is 2.26. The summed E-state index contributed by atoms with van der Waals surface area (Å²) in [7, 11) is 0. The molecule has 4 rings (SSSR count). The minimum Gasteiger partial charge on any atom is -0.436 e. The molecule has 0 saturated heterocycles. The Kier molecular flexibility index (Phi) is 3.13. The van der Waals surface area contributed by atoms with Crippen LogP contribution >= 0.6 is 23.2 Å². The van der Waals surface area contributed by atoms with Gasteiger partial charge in [-0.1, -0.05) is 35.3 Å². The first kappa shape index (κ1) is 13.4. The molecule has 2 heterocycles. The van der Waals surface area contributed by atoms with Gasteiger partial charge in [0.1, 0.15) is 5.52 Å². The molecule has 0 aliphatic carbocycles. The quantitative estimate of drug-likeness (QED) is 0.520. The van der Waals surface area contributed by atoms with Crippen molar-refractivity contribution in [1.82, 2.24) is 14.8 Å². The average Bonchev–Trinajstić information content (AvgIpc) is 3.13. The molecule has 4 aromatic rings. The van der Waals surface area contributed by atoms with Crippen molar-refractivity contribution in [3.05, 3.63) is 64.9 Å². The molecule has 2 aromatic heterocycles. The summed E-state index contributed by atoms with van der Waals surface area (Å²) in [5, 5.41) is 5.42. The Morgan fingerprint density at radius 2 is 1.91 bits per heavy atom. The normalized spacial score (nSPS) is 11.2. The fourth-order valence-electron chi connectivity index (χ4n) is 2.23. The van der Waals surface area contributed by atoms with E-state index in [0.717, 1.165) is 22.4 Å². The summed E-state index contributed by atoms with van der Waals surface area (Å²) in [5.41, 5.74) is 3.08. The molecule has 0 fully saturated rings. The van der Waals surface area contributed by atoms with E-state index in [2.05, 4.69) is 10.1 Å². The molecule has 4 nitrogen and oxygen atoms in total. The number of rotatable bonds is 2. The Hall–Kier alpha value is -2.30. The molecule has 0 radical (unpaired) electrons. The lowest BCUT2D eigenvalue weighted by Gasteiger charge is -2.03. The second kappa shape index (κ2) is 5.16. The minimum absolute atomic E-state index is 0.525. The molecular weight excluding hydrogens is 321 g/mol. The highest BCUT2D eigenvalue weighted by atomic mass is 35.5.